The van der Waals surface area contributed by atoms with Crippen molar-refractivity contribution in [2.75, 3.05) is 0 Å². The van der Waals surface area contributed by atoms with Gasteiger partial charge in [-0.2, -0.15) is 0 Å². The maximum Gasteiger partial charge on any atom is 0.332 e. The molecule has 3 aromatic rings. The molecule has 2 heterocycles. The number of benzene rings is 1. The van der Waals surface area contributed by atoms with E-state index in [1.807, 2.05) is 32.9 Å². The largest absolute Gasteiger partial charge is 0.348 e. The van der Waals surface area contributed by atoms with Gasteiger partial charge in [-0.1, -0.05) is 18.2 Å². The van der Waals surface area contributed by atoms with Crippen LogP contribution in [-0.4, -0.2) is 24.6 Å². The van der Waals surface area contributed by atoms with Gasteiger partial charge in [0.25, 0.3) is 5.56 Å². The van der Waals surface area contributed by atoms with Gasteiger partial charge in [-0.05, 0) is 37.5 Å². The summed E-state index contributed by atoms with van der Waals surface area (Å²) >= 11 is 0. The molecule has 1 atom stereocenters. The van der Waals surface area contributed by atoms with Gasteiger partial charge >= 0.3 is 5.69 Å². The number of nitrogens with one attached hydrogen (secondary N) is 1. The van der Waals surface area contributed by atoms with Crippen molar-refractivity contribution < 1.29 is 4.79 Å². The lowest BCUT2D eigenvalue weighted by Gasteiger charge is -2.16. The second-order valence-corrected chi connectivity index (χ2v) is 6.88. The summed E-state index contributed by atoms with van der Waals surface area (Å²) < 4.78 is 3.78. The number of nitrogens with zero attached hydrogens (tertiary/aromatic N) is 4. The number of amides is 1. The summed E-state index contributed by atoms with van der Waals surface area (Å²) in [6, 6.07) is 5.91. The molecule has 142 valence electrons. The van der Waals surface area contributed by atoms with E-state index in [9.17, 15) is 14.4 Å². The normalized spacial score (nSPS) is 12.3. The van der Waals surface area contributed by atoms with E-state index in [2.05, 4.69) is 16.4 Å². The topological polar surface area (TPSA) is 90.9 Å². The molecule has 1 unspecified atom stereocenters. The van der Waals surface area contributed by atoms with E-state index in [0.29, 0.717) is 0 Å². The van der Waals surface area contributed by atoms with Gasteiger partial charge in [-0.15, -0.1) is 0 Å². The summed E-state index contributed by atoms with van der Waals surface area (Å²) in [7, 11) is 2.95. The molecule has 1 amide bonds. The number of carbonyl (C=O) groups is 1. The van der Waals surface area contributed by atoms with Crippen LogP contribution in [0, 0.1) is 13.8 Å². The molecular formula is C19H23N5O3. The fraction of sp³-hybridized carbons (Fsp3) is 0.368. The molecule has 0 spiro atoms. The van der Waals surface area contributed by atoms with Crippen LogP contribution in [0.25, 0.3) is 11.2 Å². The highest BCUT2D eigenvalue weighted by molar-refractivity contribution is 5.79. The molecule has 8 nitrogen and oxygen atoms in total. The van der Waals surface area contributed by atoms with Crippen LogP contribution in [0.3, 0.4) is 0 Å². The molecule has 0 saturated heterocycles. The fourth-order valence-electron chi connectivity index (χ4n) is 3.08. The maximum atomic E-state index is 12.5. The highest BCUT2D eigenvalue weighted by Crippen LogP contribution is 2.17. The first-order valence-corrected chi connectivity index (χ1v) is 8.68. The standard InChI is InChI=1S/C19H23N5O3/c1-11-6-7-14(8-12(11)2)13(3)21-15(25)9-24-10-20-17-16(24)18(26)23(5)19(27)22(17)4/h6-8,10,13H,9H2,1-5H3,(H,21,25). The van der Waals surface area contributed by atoms with Gasteiger partial charge in [0.2, 0.25) is 5.91 Å². The molecule has 0 saturated carbocycles. The number of aromatic nitrogens is 4. The lowest BCUT2D eigenvalue weighted by Crippen LogP contribution is -2.38. The van der Waals surface area contributed by atoms with Gasteiger partial charge in [-0.3, -0.25) is 18.7 Å². The van der Waals surface area contributed by atoms with Crippen molar-refractivity contribution >= 4 is 17.1 Å². The summed E-state index contributed by atoms with van der Waals surface area (Å²) in [4.78, 5) is 41.0. The molecule has 0 radical (unpaired) electrons. The average Bonchev–Trinajstić information content (AvgIpc) is 3.03. The molecule has 3 rings (SSSR count). The number of rotatable bonds is 4. The molecule has 1 N–H and O–H groups in total. The van der Waals surface area contributed by atoms with E-state index in [4.69, 9.17) is 0 Å². The monoisotopic (exact) mass is 369 g/mol. The summed E-state index contributed by atoms with van der Waals surface area (Å²) in [5.74, 6) is -0.240. The average molecular weight is 369 g/mol. The predicted octanol–water partition coefficient (Wildman–Crippen LogP) is 0.928. The number of hydrogen-bond donors (Lipinski definition) is 1. The molecule has 1 aromatic carbocycles. The minimum absolute atomic E-state index is 0.0564. The molecule has 0 bridgehead atoms. The minimum Gasteiger partial charge on any atom is -0.348 e. The summed E-state index contributed by atoms with van der Waals surface area (Å²) in [6.45, 7) is 5.93. The first kappa shape index (κ1) is 18.6. The number of hydrogen-bond acceptors (Lipinski definition) is 4. The van der Waals surface area contributed by atoms with Crippen molar-refractivity contribution in [1.29, 1.82) is 0 Å². The van der Waals surface area contributed by atoms with E-state index in [0.717, 1.165) is 10.1 Å². The van der Waals surface area contributed by atoms with Gasteiger partial charge in [0.05, 0.1) is 12.4 Å². The van der Waals surface area contributed by atoms with Gasteiger partial charge in [0.1, 0.15) is 6.54 Å². The Kier molecular flexibility index (Phi) is 4.73. The number of aryl methyl sites for hydroxylation is 3. The zero-order valence-corrected chi connectivity index (χ0v) is 16.1. The number of fused-ring (bicyclic) bond motifs is 1. The van der Waals surface area contributed by atoms with E-state index in [1.54, 1.807) is 7.05 Å². The smallest absolute Gasteiger partial charge is 0.332 e. The molecule has 0 aliphatic heterocycles. The molecule has 0 fully saturated rings. The zero-order valence-electron chi connectivity index (χ0n) is 16.1. The fourth-order valence-corrected chi connectivity index (χ4v) is 3.08. The SMILES string of the molecule is Cc1ccc(C(C)NC(=O)Cn2cnc3c2c(=O)n(C)c(=O)n3C)cc1C. The van der Waals surface area contributed by atoms with Crippen LogP contribution in [-0.2, 0) is 25.4 Å². The van der Waals surface area contributed by atoms with Crippen molar-refractivity contribution in [2.45, 2.75) is 33.4 Å². The van der Waals surface area contributed by atoms with E-state index in [-0.39, 0.29) is 29.7 Å². The summed E-state index contributed by atoms with van der Waals surface area (Å²) in [5.41, 5.74) is 2.94. The van der Waals surface area contributed by atoms with Crippen LogP contribution >= 0.6 is 0 Å². The second-order valence-electron chi connectivity index (χ2n) is 6.88. The lowest BCUT2D eigenvalue weighted by atomic mass is 10.0. The van der Waals surface area contributed by atoms with Crippen LogP contribution in [0.2, 0.25) is 0 Å². The van der Waals surface area contributed by atoms with Gasteiger partial charge in [-0.25, -0.2) is 9.78 Å². The summed E-state index contributed by atoms with van der Waals surface area (Å²) in [6.07, 6.45) is 1.41. The molecule has 27 heavy (non-hydrogen) atoms. The number of imidazole rings is 1. The maximum absolute atomic E-state index is 12.5. The highest BCUT2D eigenvalue weighted by Gasteiger charge is 2.17. The van der Waals surface area contributed by atoms with Crippen LogP contribution in [0.5, 0.6) is 0 Å². The van der Waals surface area contributed by atoms with Crippen molar-refractivity contribution in [3.63, 3.8) is 0 Å². The van der Waals surface area contributed by atoms with Crippen LogP contribution < -0.4 is 16.6 Å². The molecule has 0 aliphatic carbocycles. The molecule has 0 aliphatic rings. The van der Waals surface area contributed by atoms with Crippen molar-refractivity contribution in [3.05, 3.63) is 62.1 Å². The van der Waals surface area contributed by atoms with Crippen LogP contribution in [0.4, 0.5) is 0 Å². The predicted molar refractivity (Wildman–Crippen MR) is 103 cm³/mol. The van der Waals surface area contributed by atoms with E-state index >= 15 is 0 Å². The first-order valence-electron chi connectivity index (χ1n) is 8.68. The lowest BCUT2D eigenvalue weighted by molar-refractivity contribution is -0.122. The Morgan fingerprint density at radius 1 is 1.15 bits per heavy atom. The highest BCUT2D eigenvalue weighted by atomic mass is 16.2. The third-order valence-corrected chi connectivity index (χ3v) is 4.94. The van der Waals surface area contributed by atoms with Gasteiger partial charge in [0, 0.05) is 14.1 Å². The molecule has 8 heteroatoms. The quantitative estimate of drug-likeness (QED) is 0.741. The third-order valence-electron chi connectivity index (χ3n) is 4.94. The van der Waals surface area contributed by atoms with Crippen LogP contribution in [0.15, 0.2) is 34.1 Å². The first-order chi connectivity index (χ1) is 12.7. The Morgan fingerprint density at radius 3 is 2.52 bits per heavy atom. The zero-order chi connectivity index (χ0) is 19.9. The van der Waals surface area contributed by atoms with E-state index < -0.39 is 11.2 Å². The molecular weight excluding hydrogens is 346 g/mol. The van der Waals surface area contributed by atoms with E-state index in [1.165, 1.54) is 33.6 Å². The van der Waals surface area contributed by atoms with Crippen molar-refractivity contribution in [2.24, 2.45) is 14.1 Å². The van der Waals surface area contributed by atoms with Crippen molar-refractivity contribution in [1.82, 2.24) is 24.0 Å². The number of carbonyl (C=O) groups excluding carboxylic acids is 1. The van der Waals surface area contributed by atoms with Gasteiger partial charge < -0.3 is 9.88 Å². The Morgan fingerprint density at radius 2 is 1.85 bits per heavy atom. The summed E-state index contributed by atoms with van der Waals surface area (Å²) in [5, 5.41) is 2.94. The Balaban J connectivity index is 1.85. The minimum atomic E-state index is -0.472. The Labute approximate surface area is 156 Å². The van der Waals surface area contributed by atoms with Crippen LogP contribution in [0.1, 0.15) is 29.7 Å². The Hall–Kier alpha value is -3.16. The second kappa shape index (κ2) is 6.86. The Bertz CT molecular complexity index is 1150. The third kappa shape index (κ3) is 3.30. The molecule has 2 aromatic heterocycles. The van der Waals surface area contributed by atoms with Gasteiger partial charge in [0.15, 0.2) is 11.2 Å². The van der Waals surface area contributed by atoms with Crippen molar-refractivity contribution in [3.8, 4) is 0 Å².